The van der Waals surface area contributed by atoms with Gasteiger partial charge in [-0.05, 0) is 70.1 Å². The van der Waals surface area contributed by atoms with Crippen LogP contribution < -0.4 is 10.6 Å². The molecule has 1 spiro atoms. The molecule has 4 rings (SSSR count). The van der Waals surface area contributed by atoms with E-state index < -0.39 is 5.60 Å². The van der Waals surface area contributed by atoms with Crippen molar-refractivity contribution in [2.24, 2.45) is 5.41 Å². The van der Waals surface area contributed by atoms with Gasteiger partial charge in [0.2, 0.25) is 0 Å². The van der Waals surface area contributed by atoms with E-state index in [0.717, 1.165) is 57.5 Å². The smallest absolute Gasteiger partial charge is 0.410 e. The predicted octanol–water partition coefficient (Wildman–Crippen LogP) is 4.05. The van der Waals surface area contributed by atoms with Crippen LogP contribution >= 0.6 is 0 Å². The molecule has 172 valence electrons. The van der Waals surface area contributed by atoms with Crippen LogP contribution in [0.1, 0.15) is 46.5 Å². The summed E-state index contributed by atoms with van der Waals surface area (Å²) in [5.41, 5.74) is 8.07. The Balaban J connectivity index is 1.40. The normalized spacial score (nSPS) is 18.6. The van der Waals surface area contributed by atoms with Gasteiger partial charge in [0, 0.05) is 31.7 Å². The fourth-order valence-corrected chi connectivity index (χ4v) is 4.68. The van der Waals surface area contributed by atoms with Crippen LogP contribution in [0.2, 0.25) is 0 Å². The fourth-order valence-electron chi connectivity index (χ4n) is 4.68. The average Bonchev–Trinajstić information content (AvgIpc) is 2.75. The third-order valence-corrected chi connectivity index (χ3v) is 6.62. The van der Waals surface area contributed by atoms with Gasteiger partial charge < -0.3 is 25.4 Å². The van der Waals surface area contributed by atoms with Crippen molar-refractivity contribution in [1.82, 2.24) is 15.1 Å². The summed E-state index contributed by atoms with van der Waals surface area (Å²) < 4.78 is 5.53. The highest BCUT2D eigenvalue weighted by molar-refractivity contribution is 5.74. The predicted molar refractivity (Wildman–Crippen MR) is 124 cm³/mol. The third kappa shape index (κ3) is 4.74. The Morgan fingerprint density at radius 2 is 1.69 bits per heavy atom. The number of hydrogen-bond acceptors (Lipinski definition) is 7. The zero-order chi connectivity index (χ0) is 22.9. The maximum atomic E-state index is 12.4. The molecule has 2 saturated heterocycles. The Labute approximate surface area is 189 Å². The molecule has 8 nitrogen and oxygen atoms in total. The number of nitrogen functional groups attached to an aromatic ring is 1. The summed E-state index contributed by atoms with van der Waals surface area (Å²) in [5, 5.41) is 18.5. The molecule has 0 unspecified atom stereocenters. The number of ether oxygens (including phenoxy) is 1. The lowest BCUT2D eigenvalue weighted by Gasteiger charge is -2.47. The van der Waals surface area contributed by atoms with Gasteiger partial charge in [-0.3, -0.25) is 0 Å². The number of carbonyl (C=O) groups excluding carboxylic acids is 1. The van der Waals surface area contributed by atoms with E-state index in [9.17, 15) is 9.90 Å². The van der Waals surface area contributed by atoms with Crippen LogP contribution in [-0.4, -0.2) is 58.1 Å². The number of likely N-dealkylation sites (tertiary alicyclic amines) is 1. The number of benzene rings is 1. The molecular weight excluding hydrogens is 406 g/mol. The molecule has 0 radical (unpaired) electrons. The monoisotopic (exact) mass is 439 g/mol. The first-order valence-corrected chi connectivity index (χ1v) is 11.3. The van der Waals surface area contributed by atoms with Crippen molar-refractivity contribution in [3.05, 3.63) is 30.3 Å². The van der Waals surface area contributed by atoms with E-state index in [-0.39, 0.29) is 17.3 Å². The van der Waals surface area contributed by atoms with Crippen LogP contribution in [0.5, 0.6) is 5.75 Å². The molecule has 1 aromatic heterocycles. The number of phenolic OH excluding ortho intramolecular Hbond substituents is 1. The van der Waals surface area contributed by atoms with Crippen molar-refractivity contribution in [1.29, 1.82) is 0 Å². The first kappa shape index (κ1) is 22.2. The summed E-state index contributed by atoms with van der Waals surface area (Å²) in [7, 11) is 0. The molecule has 2 aromatic rings. The SMILES string of the molecule is CC(C)(C)OC(=O)N1CCC2(CC1)CCN(c1cc(-c3ccccc3O)nnc1N)CC2. The Kier molecular flexibility index (Phi) is 5.88. The van der Waals surface area contributed by atoms with Crippen molar-refractivity contribution in [2.45, 2.75) is 52.1 Å². The standard InChI is InChI=1S/C24H33N5O3/c1-23(2,3)32-22(31)29-14-10-24(11-15-29)8-12-28(13-9-24)19-16-18(26-27-21(19)25)17-6-4-5-7-20(17)30/h4-7,16,30H,8-15H2,1-3H3,(H2,25,27). The second-order valence-electron chi connectivity index (χ2n) is 9.97. The highest BCUT2D eigenvalue weighted by atomic mass is 16.6. The molecule has 2 aliphatic heterocycles. The molecule has 0 aliphatic carbocycles. The van der Waals surface area contributed by atoms with E-state index in [4.69, 9.17) is 10.5 Å². The number of aromatic nitrogens is 2. The van der Waals surface area contributed by atoms with Crippen LogP contribution in [-0.2, 0) is 4.74 Å². The maximum absolute atomic E-state index is 12.4. The largest absolute Gasteiger partial charge is 0.507 e. The third-order valence-electron chi connectivity index (χ3n) is 6.62. The van der Waals surface area contributed by atoms with E-state index in [1.807, 2.05) is 43.9 Å². The van der Waals surface area contributed by atoms with E-state index in [1.165, 1.54) is 0 Å². The molecule has 0 saturated carbocycles. The molecular formula is C24H33N5O3. The number of aromatic hydroxyl groups is 1. The van der Waals surface area contributed by atoms with Gasteiger partial charge in [-0.2, -0.15) is 0 Å². The minimum Gasteiger partial charge on any atom is -0.507 e. The molecule has 1 aromatic carbocycles. The van der Waals surface area contributed by atoms with Crippen LogP contribution in [0.25, 0.3) is 11.3 Å². The second kappa shape index (κ2) is 8.48. The van der Waals surface area contributed by atoms with Gasteiger partial charge >= 0.3 is 6.09 Å². The van der Waals surface area contributed by atoms with Crippen LogP contribution in [0, 0.1) is 5.41 Å². The Morgan fingerprint density at radius 1 is 1.06 bits per heavy atom. The average molecular weight is 440 g/mol. The van der Waals surface area contributed by atoms with E-state index in [0.29, 0.717) is 17.1 Å². The highest BCUT2D eigenvalue weighted by Crippen LogP contribution is 2.43. The number of phenols is 1. The lowest BCUT2D eigenvalue weighted by molar-refractivity contribution is 0.00666. The van der Waals surface area contributed by atoms with Gasteiger partial charge in [-0.15, -0.1) is 10.2 Å². The molecule has 2 aliphatic rings. The van der Waals surface area contributed by atoms with Gasteiger partial charge in [0.15, 0.2) is 5.82 Å². The molecule has 3 heterocycles. The number of nitrogens with zero attached hydrogens (tertiary/aromatic N) is 4. The first-order valence-electron chi connectivity index (χ1n) is 11.3. The van der Waals surface area contributed by atoms with Crippen LogP contribution in [0.3, 0.4) is 0 Å². The number of anilines is 2. The van der Waals surface area contributed by atoms with Crippen LogP contribution in [0.15, 0.2) is 30.3 Å². The number of nitrogens with two attached hydrogens (primary N) is 1. The van der Waals surface area contributed by atoms with Crippen molar-refractivity contribution < 1.29 is 14.6 Å². The lowest BCUT2D eigenvalue weighted by Crippen LogP contribution is -2.49. The number of para-hydroxylation sites is 1. The number of carbonyl (C=O) groups is 1. The topological polar surface area (TPSA) is 105 Å². The van der Waals surface area contributed by atoms with Gasteiger partial charge in [0.05, 0.1) is 11.4 Å². The van der Waals surface area contributed by atoms with Gasteiger partial charge in [-0.1, -0.05) is 12.1 Å². The quantitative estimate of drug-likeness (QED) is 0.727. The minimum atomic E-state index is -0.467. The summed E-state index contributed by atoms with van der Waals surface area (Å²) in [4.78, 5) is 16.5. The van der Waals surface area contributed by atoms with Crippen molar-refractivity contribution >= 4 is 17.6 Å². The van der Waals surface area contributed by atoms with E-state index >= 15 is 0 Å². The molecule has 32 heavy (non-hydrogen) atoms. The van der Waals surface area contributed by atoms with Gasteiger partial charge in [0.1, 0.15) is 11.4 Å². The summed E-state index contributed by atoms with van der Waals surface area (Å²) in [5.74, 6) is 0.576. The van der Waals surface area contributed by atoms with Crippen molar-refractivity contribution in [3.63, 3.8) is 0 Å². The van der Waals surface area contributed by atoms with E-state index in [1.54, 1.807) is 12.1 Å². The first-order chi connectivity index (χ1) is 15.2. The maximum Gasteiger partial charge on any atom is 0.410 e. The van der Waals surface area contributed by atoms with Gasteiger partial charge in [0.25, 0.3) is 0 Å². The summed E-state index contributed by atoms with van der Waals surface area (Å²) in [6.07, 6.45) is 3.86. The van der Waals surface area contributed by atoms with Crippen molar-refractivity contribution in [3.8, 4) is 17.0 Å². The Morgan fingerprint density at radius 3 is 2.31 bits per heavy atom. The number of hydrogen-bond donors (Lipinski definition) is 2. The van der Waals surface area contributed by atoms with Gasteiger partial charge in [-0.25, -0.2) is 4.79 Å². The Bertz CT molecular complexity index is 970. The molecule has 0 atom stereocenters. The zero-order valence-electron chi connectivity index (χ0n) is 19.2. The minimum absolute atomic E-state index is 0.173. The lowest BCUT2D eigenvalue weighted by atomic mass is 9.71. The molecule has 0 bridgehead atoms. The zero-order valence-corrected chi connectivity index (χ0v) is 19.2. The number of rotatable bonds is 2. The molecule has 8 heteroatoms. The summed E-state index contributed by atoms with van der Waals surface area (Å²) in [6, 6.07) is 9.02. The number of amides is 1. The summed E-state index contributed by atoms with van der Waals surface area (Å²) >= 11 is 0. The molecule has 3 N–H and O–H groups in total. The summed E-state index contributed by atoms with van der Waals surface area (Å²) in [6.45, 7) is 8.94. The van der Waals surface area contributed by atoms with Crippen LogP contribution in [0.4, 0.5) is 16.3 Å². The molecule has 2 fully saturated rings. The molecule has 1 amide bonds. The number of piperidine rings is 2. The Hall–Kier alpha value is -3.03. The highest BCUT2D eigenvalue weighted by Gasteiger charge is 2.39. The fraction of sp³-hybridized carbons (Fsp3) is 0.542. The van der Waals surface area contributed by atoms with Crippen molar-refractivity contribution in [2.75, 3.05) is 36.8 Å². The second-order valence-corrected chi connectivity index (χ2v) is 9.97. The van der Waals surface area contributed by atoms with E-state index in [2.05, 4.69) is 15.1 Å².